The SMILES string of the molecule is Cc1ccc(S(=O)(=O)N(CC(C)C)[C@@H](CCCCNC(=O)N(C(C)C)C(C)C)C(=O)O)cc1. The quantitative estimate of drug-likeness (QED) is 0.411. The van der Waals surface area contributed by atoms with Crippen LogP contribution in [0.4, 0.5) is 4.79 Å². The smallest absolute Gasteiger partial charge is 0.322 e. The number of hydrogen-bond acceptors (Lipinski definition) is 4. The highest BCUT2D eigenvalue weighted by Gasteiger charge is 2.36. The van der Waals surface area contributed by atoms with Crippen molar-refractivity contribution < 1.29 is 23.1 Å². The van der Waals surface area contributed by atoms with Gasteiger partial charge in [-0.1, -0.05) is 31.5 Å². The molecule has 0 bridgehead atoms. The monoisotopic (exact) mass is 483 g/mol. The number of amides is 2. The number of nitrogens with zero attached hydrogens (tertiary/aromatic N) is 2. The number of hydrogen-bond donors (Lipinski definition) is 2. The first-order chi connectivity index (χ1) is 15.3. The molecule has 2 N–H and O–H groups in total. The van der Waals surface area contributed by atoms with Crippen molar-refractivity contribution in [1.82, 2.24) is 14.5 Å². The Morgan fingerprint density at radius 2 is 1.52 bits per heavy atom. The fraction of sp³-hybridized carbons (Fsp3) is 0.667. The molecule has 0 aliphatic rings. The van der Waals surface area contributed by atoms with Crippen LogP contribution in [0.5, 0.6) is 0 Å². The van der Waals surface area contributed by atoms with Crippen LogP contribution in [0.25, 0.3) is 0 Å². The Morgan fingerprint density at radius 1 is 0.970 bits per heavy atom. The molecule has 9 heteroatoms. The maximum Gasteiger partial charge on any atom is 0.322 e. The summed E-state index contributed by atoms with van der Waals surface area (Å²) in [4.78, 5) is 26.3. The average Bonchev–Trinajstić information content (AvgIpc) is 2.68. The van der Waals surface area contributed by atoms with Crippen molar-refractivity contribution in [1.29, 1.82) is 0 Å². The van der Waals surface area contributed by atoms with Gasteiger partial charge in [-0.2, -0.15) is 4.31 Å². The van der Waals surface area contributed by atoms with Gasteiger partial charge in [-0.15, -0.1) is 0 Å². The van der Waals surface area contributed by atoms with E-state index in [2.05, 4.69) is 5.32 Å². The standard InChI is InChI=1S/C24H41N3O5S/c1-17(2)16-26(33(31,32)21-13-11-20(7)12-14-21)22(23(28)29)10-8-9-15-25-24(30)27(18(3)4)19(5)6/h11-14,17-19,22H,8-10,15-16H2,1-7H3,(H,25,30)(H,28,29)/t22-/m0/s1. The third kappa shape index (κ3) is 8.62. The Labute approximate surface area is 199 Å². The Hall–Kier alpha value is -2.13. The van der Waals surface area contributed by atoms with E-state index in [9.17, 15) is 23.1 Å². The Bertz CT molecular complexity index is 859. The van der Waals surface area contributed by atoms with E-state index in [4.69, 9.17) is 0 Å². The lowest BCUT2D eigenvalue weighted by molar-refractivity contribution is -0.141. The number of unbranched alkanes of at least 4 members (excludes halogenated alkanes) is 1. The van der Waals surface area contributed by atoms with Crippen LogP contribution in [0.15, 0.2) is 29.2 Å². The lowest BCUT2D eigenvalue weighted by atomic mass is 10.1. The third-order valence-corrected chi connectivity index (χ3v) is 7.22. The zero-order valence-electron chi connectivity index (χ0n) is 21.0. The summed E-state index contributed by atoms with van der Waals surface area (Å²) >= 11 is 0. The number of carbonyl (C=O) groups is 2. The minimum atomic E-state index is -3.97. The molecule has 0 heterocycles. The van der Waals surface area contributed by atoms with Gasteiger partial charge < -0.3 is 15.3 Å². The van der Waals surface area contributed by atoms with Crippen molar-refractivity contribution in [3.05, 3.63) is 29.8 Å². The lowest BCUT2D eigenvalue weighted by Crippen LogP contribution is -2.48. The summed E-state index contributed by atoms with van der Waals surface area (Å²) in [5, 5.41) is 12.7. The molecule has 188 valence electrons. The van der Waals surface area contributed by atoms with Crippen LogP contribution in [0.3, 0.4) is 0 Å². The maximum atomic E-state index is 13.3. The van der Waals surface area contributed by atoms with Crippen molar-refractivity contribution in [3.63, 3.8) is 0 Å². The molecule has 33 heavy (non-hydrogen) atoms. The normalized spacial score (nSPS) is 13.1. The van der Waals surface area contributed by atoms with Crippen molar-refractivity contribution in [2.24, 2.45) is 5.92 Å². The first-order valence-corrected chi connectivity index (χ1v) is 13.1. The highest BCUT2D eigenvalue weighted by atomic mass is 32.2. The molecule has 8 nitrogen and oxygen atoms in total. The number of rotatable bonds is 13. The molecule has 2 amide bonds. The first-order valence-electron chi connectivity index (χ1n) is 11.7. The summed E-state index contributed by atoms with van der Waals surface area (Å²) in [6, 6.07) is 5.25. The predicted molar refractivity (Wildman–Crippen MR) is 131 cm³/mol. The van der Waals surface area contributed by atoms with Crippen LogP contribution in [0.2, 0.25) is 0 Å². The van der Waals surface area contributed by atoms with Gasteiger partial charge in [-0.25, -0.2) is 13.2 Å². The van der Waals surface area contributed by atoms with E-state index in [1.54, 1.807) is 17.0 Å². The first kappa shape index (κ1) is 28.9. The summed E-state index contributed by atoms with van der Waals surface area (Å²) in [7, 11) is -3.97. The number of carbonyl (C=O) groups excluding carboxylic acids is 1. The van der Waals surface area contributed by atoms with Crippen LogP contribution in [-0.2, 0) is 14.8 Å². The van der Waals surface area contributed by atoms with Crippen LogP contribution < -0.4 is 5.32 Å². The van der Waals surface area contributed by atoms with Gasteiger partial charge >= 0.3 is 12.0 Å². The van der Waals surface area contributed by atoms with Crippen LogP contribution in [-0.4, -0.2) is 65.9 Å². The van der Waals surface area contributed by atoms with Crippen molar-refractivity contribution >= 4 is 22.0 Å². The van der Waals surface area contributed by atoms with Gasteiger partial charge in [0.1, 0.15) is 6.04 Å². The van der Waals surface area contributed by atoms with Gasteiger partial charge in [0.2, 0.25) is 10.0 Å². The van der Waals surface area contributed by atoms with E-state index in [0.717, 1.165) is 9.87 Å². The van der Waals surface area contributed by atoms with Crippen LogP contribution in [0.1, 0.15) is 66.4 Å². The molecule has 0 saturated heterocycles. The summed E-state index contributed by atoms with van der Waals surface area (Å²) in [5.74, 6) is -1.20. The molecule has 0 spiro atoms. The van der Waals surface area contributed by atoms with Crippen molar-refractivity contribution in [2.45, 2.75) is 90.7 Å². The highest BCUT2D eigenvalue weighted by molar-refractivity contribution is 7.89. The number of sulfonamides is 1. The van der Waals surface area contributed by atoms with Crippen LogP contribution in [0, 0.1) is 12.8 Å². The molecule has 0 saturated carbocycles. The van der Waals surface area contributed by atoms with E-state index >= 15 is 0 Å². The maximum absolute atomic E-state index is 13.3. The summed E-state index contributed by atoms with van der Waals surface area (Å²) in [6.07, 6.45) is 1.19. The molecular formula is C24H41N3O5S. The number of aliphatic carboxylic acids is 1. The topological polar surface area (TPSA) is 107 Å². The molecule has 1 aromatic rings. The molecule has 1 rings (SSSR count). The van der Waals surface area contributed by atoms with E-state index in [1.807, 2.05) is 48.5 Å². The summed E-state index contributed by atoms with van der Waals surface area (Å²) < 4.78 is 27.7. The Kier molecular flexibility index (Phi) is 11.3. The van der Waals surface area contributed by atoms with Crippen molar-refractivity contribution in [2.75, 3.05) is 13.1 Å². The number of carboxylic acids is 1. The zero-order valence-corrected chi connectivity index (χ0v) is 21.9. The molecule has 0 aliphatic heterocycles. The molecule has 0 unspecified atom stereocenters. The molecule has 0 radical (unpaired) electrons. The minimum absolute atomic E-state index is 0.0376. The van der Waals surface area contributed by atoms with Crippen LogP contribution >= 0.6 is 0 Å². The molecule has 0 aromatic heterocycles. The third-order valence-electron chi connectivity index (χ3n) is 5.33. The number of aryl methyl sites for hydroxylation is 1. The fourth-order valence-electron chi connectivity index (χ4n) is 3.80. The second-order valence-corrected chi connectivity index (χ2v) is 11.3. The van der Waals surface area contributed by atoms with E-state index in [0.29, 0.717) is 19.4 Å². The lowest BCUT2D eigenvalue weighted by Gasteiger charge is -2.31. The Balaban J connectivity index is 2.87. The highest BCUT2D eigenvalue weighted by Crippen LogP contribution is 2.23. The van der Waals surface area contributed by atoms with Gasteiger partial charge in [0.05, 0.1) is 4.90 Å². The molecule has 0 fully saturated rings. The second-order valence-electron chi connectivity index (χ2n) is 9.46. The molecule has 1 aromatic carbocycles. The van der Waals surface area contributed by atoms with E-state index < -0.39 is 22.0 Å². The van der Waals surface area contributed by atoms with Gasteiger partial charge in [-0.05, 0) is 71.9 Å². The summed E-state index contributed by atoms with van der Waals surface area (Å²) in [5.41, 5.74) is 0.926. The molecular weight excluding hydrogens is 442 g/mol. The molecule has 0 aliphatic carbocycles. The number of carboxylic acid groups (broad SMARTS) is 1. The average molecular weight is 484 g/mol. The molecule has 1 atom stereocenters. The number of urea groups is 1. The number of benzene rings is 1. The van der Waals surface area contributed by atoms with Gasteiger partial charge in [-0.3, -0.25) is 4.79 Å². The number of nitrogens with one attached hydrogen (secondary N) is 1. The predicted octanol–water partition coefficient (Wildman–Crippen LogP) is 4.09. The zero-order chi connectivity index (χ0) is 25.3. The minimum Gasteiger partial charge on any atom is -0.480 e. The van der Waals surface area contributed by atoms with E-state index in [1.165, 1.54) is 12.1 Å². The fourth-order valence-corrected chi connectivity index (χ4v) is 5.58. The largest absolute Gasteiger partial charge is 0.480 e. The summed E-state index contributed by atoms with van der Waals surface area (Å²) in [6.45, 7) is 13.9. The van der Waals surface area contributed by atoms with Gasteiger partial charge in [0, 0.05) is 25.2 Å². The Morgan fingerprint density at radius 3 is 1.97 bits per heavy atom. The second kappa shape index (κ2) is 12.9. The van der Waals surface area contributed by atoms with E-state index in [-0.39, 0.29) is 41.9 Å². The van der Waals surface area contributed by atoms with Crippen molar-refractivity contribution in [3.8, 4) is 0 Å². The van der Waals surface area contributed by atoms with Gasteiger partial charge in [0.25, 0.3) is 0 Å². The van der Waals surface area contributed by atoms with Gasteiger partial charge in [0.15, 0.2) is 0 Å².